The van der Waals surface area contributed by atoms with Gasteiger partial charge in [0.25, 0.3) is 0 Å². The highest BCUT2D eigenvalue weighted by atomic mass is 79.9. The molecule has 104 valence electrons. The van der Waals surface area contributed by atoms with Crippen LogP contribution in [0.4, 0.5) is 5.69 Å². The van der Waals surface area contributed by atoms with Gasteiger partial charge in [-0.3, -0.25) is 4.79 Å². The van der Waals surface area contributed by atoms with Crippen molar-refractivity contribution in [3.05, 3.63) is 58.1 Å². The number of ether oxygens (including phenoxy) is 1. The average molecular weight is 334 g/mol. The van der Waals surface area contributed by atoms with Gasteiger partial charge in [-0.2, -0.15) is 0 Å². The average Bonchev–Trinajstić information content (AvgIpc) is 2.47. The van der Waals surface area contributed by atoms with E-state index in [2.05, 4.69) is 20.8 Å². The zero-order chi connectivity index (χ0) is 14.5. The van der Waals surface area contributed by atoms with E-state index >= 15 is 0 Å². The second kappa shape index (κ2) is 6.57. The van der Waals surface area contributed by atoms with E-state index in [0.29, 0.717) is 5.56 Å². The van der Waals surface area contributed by atoms with E-state index in [0.717, 1.165) is 34.3 Å². The van der Waals surface area contributed by atoms with Crippen molar-refractivity contribution in [2.45, 2.75) is 6.54 Å². The van der Waals surface area contributed by atoms with Crippen LogP contribution >= 0.6 is 15.9 Å². The van der Waals surface area contributed by atoms with Crippen LogP contribution in [0.3, 0.4) is 0 Å². The van der Waals surface area contributed by atoms with Gasteiger partial charge in [0.2, 0.25) is 0 Å². The molecule has 3 nitrogen and oxygen atoms in total. The van der Waals surface area contributed by atoms with Gasteiger partial charge in [0.05, 0.1) is 7.11 Å². The molecule has 0 bridgehead atoms. The van der Waals surface area contributed by atoms with E-state index in [9.17, 15) is 4.79 Å². The van der Waals surface area contributed by atoms with Crippen LogP contribution in [-0.2, 0) is 6.54 Å². The molecular weight excluding hydrogens is 318 g/mol. The summed E-state index contributed by atoms with van der Waals surface area (Å²) in [5.41, 5.74) is 2.75. The Morgan fingerprint density at radius 1 is 1.20 bits per heavy atom. The van der Waals surface area contributed by atoms with Crippen molar-refractivity contribution >= 4 is 27.9 Å². The molecule has 0 unspecified atom stereocenters. The zero-order valence-electron chi connectivity index (χ0n) is 11.5. The highest BCUT2D eigenvalue weighted by molar-refractivity contribution is 9.10. The molecule has 0 aliphatic carbocycles. The molecule has 0 N–H and O–H groups in total. The minimum atomic E-state index is 0.676. The van der Waals surface area contributed by atoms with E-state index < -0.39 is 0 Å². The molecule has 20 heavy (non-hydrogen) atoms. The molecule has 0 atom stereocenters. The summed E-state index contributed by atoms with van der Waals surface area (Å²) >= 11 is 3.38. The Morgan fingerprint density at radius 2 is 1.90 bits per heavy atom. The molecule has 0 spiro atoms. The van der Waals surface area contributed by atoms with Gasteiger partial charge in [0.1, 0.15) is 5.75 Å². The Kier molecular flexibility index (Phi) is 4.79. The molecule has 0 amide bonds. The summed E-state index contributed by atoms with van der Waals surface area (Å²) in [5, 5.41) is 0. The van der Waals surface area contributed by atoms with Crippen LogP contribution in [0.25, 0.3) is 0 Å². The first-order valence-corrected chi connectivity index (χ1v) is 7.02. The van der Waals surface area contributed by atoms with Crippen molar-refractivity contribution < 1.29 is 9.53 Å². The lowest BCUT2D eigenvalue weighted by Gasteiger charge is -2.21. The van der Waals surface area contributed by atoms with Crippen molar-refractivity contribution in [3.8, 4) is 5.75 Å². The minimum absolute atomic E-state index is 0.676. The highest BCUT2D eigenvalue weighted by Crippen LogP contribution is 2.24. The Balaban J connectivity index is 2.18. The Labute approximate surface area is 127 Å². The molecular formula is C16H16BrNO2. The van der Waals surface area contributed by atoms with Crippen LogP contribution in [0.1, 0.15) is 15.9 Å². The Hall–Kier alpha value is -1.81. The fraction of sp³-hybridized carbons (Fsp3) is 0.188. The summed E-state index contributed by atoms with van der Waals surface area (Å²) in [4.78, 5) is 13.2. The van der Waals surface area contributed by atoms with Crippen molar-refractivity contribution in [2.24, 2.45) is 0 Å². The molecule has 0 aromatic heterocycles. The maximum Gasteiger partial charge on any atom is 0.152 e. The second-order valence-electron chi connectivity index (χ2n) is 4.53. The van der Waals surface area contributed by atoms with E-state index in [1.54, 1.807) is 7.11 Å². The molecule has 0 saturated carbocycles. The summed E-state index contributed by atoms with van der Waals surface area (Å²) in [6.07, 6.45) is 0.880. The number of aldehydes is 1. The minimum Gasteiger partial charge on any atom is -0.497 e. The van der Waals surface area contributed by atoms with Crippen LogP contribution in [0.5, 0.6) is 5.75 Å². The predicted octanol–water partition coefficient (Wildman–Crippen LogP) is 3.91. The zero-order valence-corrected chi connectivity index (χ0v) is 13.1. The van der Waals surface area contributed by atoms with Crippen LogP contribution in [0.2, 0.25) is 0 Å². The summed E-state index contributed by atoms with van der Waals surface area (Å²) in [6.45, 7) is 0.729. The summed E-state index contributed by atoms with van der Waals surface area (Å²) < 4.78 is 6.05. The third-order valence-corrected chi connectivity index (χ3v) is 3.60. The third-order valence-electron chi connectivity index (χ3n) is 3.11. The van der Waals surface area contributed by atoms with Gasteiger partial charge < -0.3 is 9.64 Å². The van der Waals surface area contributed by atoms with E-state index in [4.69, 9.17) is 4.74 Å². The Bertz CT molecular complexity index is 596. The number of carbonyl (C=O) groups is 1. The molecule has 0 aliphatic rings. The van der Waals surface area contributed by atoms with Gasteiger partial charge in [0.15, 0.2) is 6.29 Å². The number of halogens is 1. The van der Waals surface area contributed by atoms with Gasteiger partial charge in [0, 0.05) is 29.3 Å². The number of methoxy groups -OCH3 is 1. The number of nitrogens with zero attached hydrogens (tertiary/aromatic N) is 1. The SMILES string of the molecule is COc1ccc(CN(C)c2ccc(Br)cc2C=O)cc1. The monoisotopic (exact) mass is 333 g/mol. The third kappa shape index (κ3) is 3.39. The maximum absolute atomic E-state index is 11.2. The molecule has 0 saturated heterocycles. The van der Waals surface area contributed by atoms with Gasteiger partial charge in [-0.25, -0.2) is 0 Å². The molecule has 2 aromatic carbocycles. The molecule has 4 heteroatoms. The summed E-state index contributed by atoms with van der Waals surface area (Å²) in [6, 6.07) is 13.6. The van der Waals surface area contributed by atoms with Gasteiger partial charge in [-0.05, 0) is 35.9 Å². The molecule has 0 radical (unpaired) electrons. The summed E-state index contributed by atoms with van der Waals surface area (Å²) in [5.74, 6) is 0.841. The molecule has 2 aromatic rings. The van der Waals surface area contributed by atoms with E-state index in [1.807, 2.05) is 49.5 Å². The Morgan fingerprint density at radius 3 is 2.50 bits per heavy atom. The van der Waals surface area contributed by atoms with Crippen LogP contribution in [0, 0.1) is 0 Å². The molecule has 2 rings (SSSR count). The lowest BCUT2D eigenvalue weighted by Crippen LogP contribution is -2.17. The largest absolute Gasteiger partial charge is 0.497 e. The fourth-order valence-electron chi connectivity index (χ4n) is 2.06. The normalized spacial score (nSPS) is 10.2. The number of rotatable bonds is 5. The number of hydrogen-bond acceptors (Lipinski definition) is 3. The van der Waals surface area contributed by atoms with Crippen molar-refractivity contribution in [2.75, 3.05) is 19.1 Å². The first kappa shape index (κ1) is 14.6. The van der Waals surface area contributed by atoms with Crippen LogP contribution < -0.4 is 9.64 Å². The standard InChI is InChI=1S/C16H16BrNO2/c1-18(10-12-3-6-15(20-2)7-4-12)16-8-5-14(17)9-13(16)11-19/h3-9,11H,10H2,1-2H3. The number of hydrogen-bond donors (Lipinski definition) is 0. The van der Waals surface area contributed by atoms with Crippen molar-refractivity contribution in [1.82, 2.24) is 0 Å². The maximum atomic E-state index is 11.2. The topological polar surface area (TPSA) is 29.5 Å². The van der Waals surface area contributed by atoms with Crippen LogP contribution in [0.15, 0.2) is 46.9 Å². The highest BCUT2D eigenvalue weighted by Gasteiger charge is 2.08. The molecule has 0 aliphatic heterocycles. The lowest BCUT2D eigenvalue weighted by atomic mass is 10.1. The number of carbonyl (C=O) groups excluding carboxylic acids is 1. The van der Waals surface area contributed by atoms with Gasteiger partial charge in [-0.15, -0.1) is 0 Å². The second-order valence-corrected chi connectivity index (χ2v) is 5.44. The first-order valence-electron chi connectivity index (χ1n) is 6.23. The first-order chi connectivity index (χ1) is 9.63. The van der Waals surface area contributed by atoms with E-state index in [1.165, 1.54) is 0 Å². The number of benzene rings is 2. The molecule has 0 heterocycles. The predicted molar refractivity (Wildman–Crippen MR) is 84.6 cm³/mol. The fourth-order valence-corrected chi connectivity index (χ4v) is 2.44. The quantitative estimate of drug-likeness (QED) is 0.777. The summed E-state index contributed by atoms with van der Waals surface area (Å²) in [7, 11) is 3.62. The van der Waals surface area contributed by atoms with Crippen LogP contribution in [-0.4, -0.2) is 20.4 Å². The molecule has 0 fully saturated rings. The van der Waals surface area contributed by atoms with Crippen molar-refractivity contribution in [3.63, 3.8) is 0 Å². The number of anilines is 1. The van der Waals surface area contributed by atoms with Crippen molar-refractivity contribution in [1.29, 1.82) is 0 Å². The smallest absolute Gasteiger partial charge is 0.152 e. The van der Waals surface area contributed by atoms with E-state index in [-0.39, 0.29) is 0 Å². The lowest BCUT2D eigenvalue weighted by molar-refractivity contribution is 0.112. The van der Waals surface area contributed by atoms with Gasteiger partial charge >= 0.3 is 0 Å². The van der Waals surface area contributed by atoms with Gasteiger partial charge in [-0.1, -0.05) is 28.1 Å².